The normalized spacial score (nSPS) is 18.5. The van der Waals surface area contributed by atoms with Crippen molar-refractivity contribution in [2.75, 3.05) is 62.7 Å². The summed E-state index contributed by atoms with van der Waals surface area (Å²) in [6.07, 6.45) is 1.28. The third-order valence-corrected chi connectivity index (χ3v) is 8.09. The van der Waals surface area contributed by atoms with E-state index in [2.05, 4.69) is 26.1 Å². The Hall–Kier alpha value is -3.99. The summed E-state index contributed by atoms with van der Waals surface area (Å²) in [7, 11) is 1.56. The number of piperazine rings is 1. The van der Waals surface area contributed by atoms with Gasteiger partial charge in [-0.15, -0.1) is 0 Å². The summed E-state index contributed by atoms with van der Waals surface area (Å²) < 4.78 is 0. The maximum atomic E-state index is 13.1. The van der Waals surface area contributed by atoms with E-state index in [0.717, 1.165) is 69.0 Å². The van der Waals surface area contributed by atoms with Gasteiger partial charge in [-0.1, -0.05) is 6.07 Å². The topological polar surface area (TPSA) is 119 Å². The molecule has 0 spiro atoms. The fourth-order valence-corrected chi connectivity index (χ4v) is 5.82. The van der Waals surface area contributed by atoms with Crippen molar-refractivity contribution in [2.24, 2.45) is 5.92 Å². The molecule has 0 saturated carbocycles. The van der Waals surface area contributed by atoms with Gasteiger partial charge in [0.05, 0.1) is 11.0 Å². The molecule has 2 amide bonds. The third-order valence-electron chi connectivity index (χ3n) is 8.09. The Labute approximate surface area is 227 Å². The number of nitrogens with one attached hydrogen (secondary N) is 1. The Balaban J connectivity index is 1.13. The average molecular weight is 535 g/mol. The first-order valence-electron chi connectivity index (χ1n) is 13.4. The number of non-ortho nitro benzene ring substituents is 1. The van der Waals surface area contributed by atoms with Crippen LogP contribution in [0.1, 0.15) is 28.8 Å². The van der Waals surface area contributed by atoms with Gasteiger partial charge in [-0.25, -0.2) is 0 Å². The smallest absolute Gasteiger partial charge is 0.269 e. The highest BCUT2D eigenvalue weighted by molar-refractivity contribution is 6.01. The average Bonchev–Trinajstić information content (AvgIpc) is 3.27. The molecule has 0 aromatic heterocycles. The SMILES string of the molecule is CNC(=O)CCC(C=O)N1Cc2c(cccc2N2CC(CN3CCN(c4ccc([N+](=O)[O-])cc4)CC3)C2)C1=O. The van der Waals surface area contributed by atoms with Crippen LogP contribution in [0.15, 0.2) is 42.5 Å². The van der Waals surface area contributed by atoms with E-state index in [9.17, 15) is 24.5 Å². The fraction of sp³-hybridized carbons (Fsp3) is 0.464. The van der Waals surface area contributed by atoms with Crippen molar-refractivity contribution >= 4 is 35.2 Å². The summed E-state index contributed by atoms with van der Waals surface area (Å²) in [6, 6.07) is 11.9. The molecule has 2 aromatic rings. The maximum Gasteiger partial charge on any atom is 0.269 e. The Kier molecular flexibility index (Phi) is 7.78. The number of rotatable bonds is 10. The summed E-state index contributed by atoms with van der Waals surface area (Å²) >= 11 is 0. The molecule has 0 radical (unpaired) electrons. The highest BCUT2D eigenvalue weighted by atomic mass is 16.6. The summed E-state index contributed by atoms with van der Waals surface area (Å²) in [6.45, 7) is 6.89. The van der Waals surface area contributed by atoms with Crippen molar-refractivity contribution in [2.45, 2.75) is 25.4 Å². The van der Waals surface area contributed by atoms with Crippen molar-refractivity contribution < 1.29 is 19.3 Å². The Bertz CT molecular complexity index is 1240. The molecular formula is C28H34N6O5. The van der Waals surface area contributed by atoms with Crippen molar-refractivity contribution in [1.82, 2.24) is 15.1 Å². The monoisotopic (exact) mass is 534 g/mol. The molecule has 11 nitrogen and oxygen atoms in total. The lowest BCUT2D eigenvalue weighted by atomic mass is 9.96. The highest BCUT2D eigenvalue weighted by Gasteiger charge is 2.37. The van der Waals surface area contributed by atoms with Gasteiger partial charge in [0.15, 0.2) is 0 Å². The summed E-state index contributed by atoms with van der Waals surface area (Å²) in [5.74, 6) is 0.241. The van der Waals surface area contributed by atoms with Crippen molar-refractivity contribution in [1.29, 1.82) is 0 Å². The molecule has 206 valence electrons. The van der Waals surface area contributed by atoms with Crippen LogP contribution in [0.25, 0.3) is 0 Å². The van der Waals surface area contributed by atoms with Gasteiger partial charge in [0.25, 0.3) is 11.6 Å². The van der Waals surface area contributed by atoms with E-state index in [1.54, 1.807) is 24.1 Å². The molecule has 0 aliphatic carbocycles. The molecule has 2 aromatic carbocycles. The zero-order valence-corrected chi connectivity index (χ0v) is 22.1. The molecule has 1 atom stereocenters. The number of nitro groups is 1. The minimum atomic E-state index is -0.621. The molecule has 1 unspecified atom stereocenters. The highest BCUT2D eigenvalue weighted by Crippen LogP contribution is 2.36. The first-order valence-corrected chi connectivity index (χ1v) is 13.4. The summed E-state index contributed by atoms with van der Waals surface area (Å²) in [5.41, 5.74) is 3.78. The quantitative estimate of drug-likeness (QED) is 0.279. The van der Waals surface area contributed by atoms with Crippen LogP contribution in [-0.4, -0.2) is 91.7 Å². The fourth-order valence-electron chi connectivity index (χ4n) is 5.82. The lowest BCUT2D eigenvalue weighted by molar-refractivity contribution is -0.384. The van der Waals surface area contributed by atoms with Crippen LogP contribution in [0.5, 0.6) is 0 Å². The second-order valence-corrected chi connectivity index (χ2v) is 10.5. The van der Waals surface area contributed by atoms with Crippen LogP contribution in [0.4, 0.5) is 17.1 Å². The van der Waals surface area contributed by atoms with Gasteiger partial charge in [0, 0.05) is 106 Å². The summed E-state index contributed by atoms with van der Waals surface area (Å²) in [5, 5.41) is 13.5. The zero-order valence-electron chi connectivity index (χ0n) is 22.1. The Morgan fingerprint density at radius 2 is 1.82 bits per heavy atom. The number of fused-ring (bicyclic) bond motifs is 1. The maximum absolute atomic E-state index is 13.1. The van der Waals surface area contributed by atoms with Gasteiger partial charge in [-0.2, -0.15) is 0 Å². The number of amides is 2. The minimum absolute atomic E-state index is 0.109. The van der Waals surface area contributed by atoms with E-state index < -0.39 is 6.04 Å². The number of nitrogens with zero attached hydrogens (tertiary/aromatic N) is 5. The number of hydrogen-bond donors (Lipinski definition) is 1. The van der Waals surface area contributed by atoms with E-state index in [-0.39, 0.29) is 28.8 Å². The van der Waals surface area contributed by atoms with E-state index in [4.69, 9.17) is 0 Å². The molecule has 2 fully saturated rings. The standard InChI is InChI=1S/C28H34N6O5/c1-29-27(36)10-9-23(19-35)33-18-25-24(28(33)37)3-2-4-26(25)32-16-20(17-32)15-30-11-13-31(14-12-30)21-5-7-22(8-6-21)34(38)39/h2-8,19-20,23H,9-18H2,1H3,(H,29,36). The van der Waals surface area contributed by atoms with Gasteiger partial charge >= 0.3 is 0 Å². The van der Waals surface area contributed by atoms with Crippen LogP contribution in [0.2, 0.25) is 0 Å². The van der Waals surface area contributed by atoms with Gasteiger partial charge < -0.3 is 24.8 Å². The lowest BCUT2D eigenvalue weighted by Crippen LogP contribution is -2.55. The first-order chi connectivity index (χ1) is 18.9. The lowest BCUT2D eigenvalue weighted by Gasteiger charge is -2.45. The van der Waals surface area contributed by atoms with Gasteiger partial charge in [-0.3, -0.25) is 24.6 Å². The zero-order chi connectivity index (χ0) is 27.5. The number of anilines is 2. The second kappa shape index (κ2) is 11.4. The molecule has 3 aliphatic heterocycles. The number of hydrogen-bond acceptors (Lipinski definition) is 8. The predicted molar refractivity (Wildman–Crippen MR) is 147 cm³/mol. The Morgan fingerprint density at radius 1 is 1.10 bits per heavy atom. The largest absolute Gasteiger partial charge is 0.370 e. The Morgan fingerprint density at radius 3 is 2.46 bits per heavy atom. The molecule has 1 N–H and O–H groups in total. The third kappa shape index (κ3) is 5.58. The molecule has 3 aliphatic rings. The second-order valence-electron chi connectivity index (χ2n) is 10.5. The van der Waals surface area contributed by atoms with Crippen LogP contribution in [0, 0.1) is 16.0 Å². The number of carbonyl (C=O) groups excluding carboxylic acids is 3. The number of nitro benzene ring substituents is 1. The molecule has 3 heterocycles. The van der Waals surface area contributed by atoms with Crippen molar-refractivity contribution in [3.8, 4) is 0 Å². The molecule has 11 heteroatoms. The molecule has 5 rings (SSSR count). The number of aldehydes is 1. The number of benzene rings is 2. The predicted octanol–water partition coefficient (Wildman–Crippen LogP) is 1.90. The van der Waals surface area contributed by atoms with Gasteiger partial charge in [-0.05, 0) is 30.7 Å². The molecular weight excluding hydrogens is 500 g/mol. The minimum Gasteiger partial charge on any atom is -0.370 e. The number of carbonyl (C=O) groups is 3. The van der Waals surface area contributed by atoms with Crippen LogP contribution in [0.3, 0.4) is 0 Å². The van der Waals surface area contributed by atoms with Crippen LogP contribution < -0.4 is 15.1 Å². The van der Waals surface area contributed by atoms with E-state index in [1.807, 2.05) is 24.3 Å². The summed E-state index contributed by atoms with van der Waals surface area (Å²) in [4.78, 5) is 55.7. The molecule has 2 saturated heterocycles. The van der Waals surface area contributed by atoms with Gasteiger partial charge in [0.1, 0.15) is 6.29 Å². The van der Waals surface area contributed by atoms with Crippen molar-refractivity contribution in [3.05, 3.63) is 63.7 Å². The van der Waals surface area contributed by atoms with E-state index in [0.29, 0.717) is 24.4 Å². The molecule has 0 bridgehead atoms. The van der Waals surface area contributed by atoms with E-state index in [1.165, 1.54) is 0 Å². The van der Waals surface area contributed by atoms with Crippen LogP contribution in [-0.2, 0) is 16.1 Å². The van der Waals surface area contributed by atoms with Gasteiger partial charge in [0.2, 0.25) is 5.91 Å². The van der Waals surface area contributed by atoms with Crippen LogP contribution >= 0.6 is 0 Å². The molecule has 39 heavy (non-hydrogen) atoms. The van der Waals surface area contributed by atoms with Crippen molar-refractivity contribution in [3.63, 3.8) is 0 Å². The van der Waals surface area contributed by atoms with E-state index >= 15 is 0 Å². The first kappa shape index (κ1) is 26.6.